The lowest BCUT2D eigenvalue weighted by atomic mass is 10.1. The van der Waals surface area contributed by atoms with Crippen molar-refractivity contribution < 1.29 is 9.47 Å². The number of hydrogen-bond acceptors (Lipinski definition) is 4. The molecule has 0 bridgehead atoms. The third-order valence-corrected chi connectivity index (χ3v) is 5.92. The summed E-state index contributed by atoms with van der Waals surface area (Å²) in [5.74, 6) is 2.28. The average molecular weight is 526 g/mol. The van der Waals surface area contributed by atoms with Gasteiger partial charge in [-0.1, -0.05) is 18.2 Å². The molecule has 0 saturated carbocycles. The van der Waals surface area contributed by atoms with Crippen LogP contribution in [0.15, 0.2) is 71.5 Å². The number of aromatic nitrogens is 2. The van der Waals surface area contributed by atoms with Gasteiger partial charge in [0.1, 0.15) is 17.3 Å². The fourth-order valence-corrected chi connectivity index (χ4v) is 4.29. The van der Waals surface area contributed by atoms with Crippen LogP contribution in [-0.4, -0.2) is 23.3 Å². The van der Waals surface area contributed by atoms with Crippen molar-refractivity contribution >= 4 is 33.5 Å². The maximum Gasteiger partial charge on any atom is 0.261 e. The first-order valence-corrected chi connectivity index (χ1v) is 11.2. The Bertz CT molecular complexity index is 1270. The molecule has 0 unspecified atom stereocenters. The Morgan fingerprint density at radius 1 is 1.03 bits per heavy atom. The Hall–Kier alpha value is -2.87. The highest BCUT2D eigenvalue weighted by atomic mass is 127. The second-order valence-corrected chi connectivity index (χ2v) is 8.44. The number of rotatable bonds is 7. The van der Waals surface area contributed by atoms with Crippen LogP contribution < -0.4 is 15.0 Å². The Morgan fingerprint density at radius 3 is 2.55 bits per heavy atom. The van der Waals surface area contributed by atoms with Crippen LogP contribution in [0.5, 0.6) is 11.5 Å². The SMILES string of the molecule is COc1ccc(-c2nc3ccccc3c(=O)n2CCCOc2ccc(C)cc2I)cc1. The molecule has 1 aromatic heterocycles. The van der Waals surface area contributed by atoms with E-state index in [9.17, 15) is 4.79 Å². The number of hydrogen-bond donors (Lipinski definition) is 0. The van der Waals surface area contributed by atoms with Gasteiger partial charge in [0.25, 0.3) is 5.56 Å². The molecule has 5 nitrogen and oxygen atoms in total. The van der Waals surface area contributed by atoms with Gasteiger partial charge < -0.3 is 9.47 Å². The fraction of sp³-hybridized carbons (Fsp3) is 0.200. The highest BCUT2D eigenvalue weighted by Gasteiger charge is 2.13. The summed E-state index contributed by atoms with van der Waals surface area (Å²) in [6.45, 7) is 3.09. The predicted molar refractivity (Wildman–Crippen MR) is 132 cm³/mol. The van der Waals surface area contributed by atoms with Crippen LogP contribution in [0.25, 0.3) is 22.3 Å². The lowest BCUT2D eigenvalue weighted by Crippen LogP contribution is -2.24. The van der Waals surface area contributed by atoms with Gasteiger partial charge in [-0.25, -0.2) is 4.98 Å². The molecule has 4 rings (SSSR count). The van der Waals surface area contributed by atoms with Gasteiger partial charge in [-0.3, -0.25) is 9.36 Å². The van der Waals surface area contributed by atoms with Crippen molar-refractivity contribution in [2.75, 3.05) is 13.7 Å². The maximum absolute atomic E-state index is 13.3. The van der Waals surface area contributed by atoms with E-state index in [-0.39, 0.29) is 5.56 Å². The number of aryl methyl sites for hydroxylation is 1. The molecule has 0 aliphatic carbocycles. The summed E-state index contributed by atoms with van der Waals surface area (Å²) < 4.78 is 14.0. The zero-order valence-electron chi connectivity index (χ0n) is 17.5. The van der Waals surface area contributed by atoms with Gasteiger partial charge in [0.15, 0.2) is 0 Å². The molecule has 0 fully saturated rings. The van der Waals surface area contributed by atoms with Gasteiger partial charge in [0, 0.05) is 12.1 Å². The van der Waals surface area contributed by atoms with E-state index in [1.807, 2.05) is 60.7 Å². The lowest BCUT2D eigenvalue weighted by molar-refractivity contribution is 0.299. The van der Waals surface area contributed by atoms with Crippen LogP contribution in [0.1, 0.15) is 12.0 Å². The number of nitrogens with zero attached hydrogens (tertiary/aromatic N) is 2. The molecule has 0 atom stereocenters. The molecule has 0 aliphatic rings. The van der Waals surface area contributed by atoms with Gasteiger partial charge in [-0.2, -0.15) is 0 Å². The van der Waals surface area contributed by atoms with E-state index in [1.54, 1.807) is 11.7 Å². The van der Waals surface area contributed by atoms with Gasteiger partial charge >= 0.3 is 0 Å². The molecule has 1 heterocycles. The van der Waals surface area contributed by atoms with E-state index in [0.29, 0.717) is 36.3 Å². The number of fused-ring (bicyclic) bond motifs is 1. The van der Waals surface area contributed by atoms with Crippen LogP contribution in [0.4, 0.5) is 0 Å². The minimum absolute atomic E-state index is 0.0404. The maximum atomic E-state index is 13.3. The third kappa shape index (κ3) is 4.74. The molecule has 0 amide bonds. The summed E-state index contributed by atoms with van der Waals surface area (Å²) in [4.78, 5) is 18.1. The van der Waals surface area contributed by atoms with Crippen LogP contribution in [0.2, 0.25) is 0 Å². The minimum Gasteiger partial charge on any atom is -0.497 e. The molecule has 6 heteroatoms. The molecule has 31 heavy (non-hydrogen) atoms. The number of methoxy groups -OCH3 is 1. The van der Waals surface area contributed by atoms with Crippen molar-refractivity contribution in [2.45, 2.75) is 19.9 Å². The number of halogens is 1. The largest absolute Gasteiger partial charge is 0.497 e. The van der Waals surface area contributed by atoms with E-state index >= 15 is 0 Å². The Balaban J connectivity index is 1.61. The second kappa shape index (κ2) is 9.51. The van der Waals surface area contributed by atoms with Gasteiger partial charge in [-0.15, -0.1) is 0 Å². The van der Waals surface area contributed by atoms with Crippen molar-refractivity contribution in [2.24, 2.45) is 0 Å². The zero-order valence-corrected chi connectivity index (χ0v) is 19.6. The molecule has 4 aromatic rings. The van der Waals surface area contributed by atoms with E-state index in [0.717, 1.165) is 20.6 Å². The quantitative estimate of drug-likeness (QED) is 0.237. The van der Waals surface area contributed by atoms with Crippen LogP contribution in [0, 0.1) is 10.5 Å². The summed E-state index contributed by atoms with van der Waals surface area (Å²) in [5.41, 5.74) is 2.73. The van der Waals surface area contributed by atoms with Crippen LogP contribution in [0.3, 0.4) is 0 Å². The van der Waals surface area contributed by atoms with Gasteiger partial charge in [-0.05, 0) is 90.0 Å². The molecule has 0 radical (unpaired) electrons. The van der Waals surface area contributed by atoms with Crippen LogP contribution >= 0.6 is 22.6 Å². The molecule has 0 saturated heterocycles. The summed E-state index contributed by atoms with van der Waals surface area (Å²) >= 11 is 2.28. The van der Waals surface area contributed by atoms with Gasteiger partial charge in [0.2, 0.25) is 0 Å². The molecular weight excluding hydrogens is 503 g/mol. The number of benzene rings is 3. The summed E-state index contributed by atoms with van der Waals surface area (Å²) in [7, 11) is 1.63. The molecule has 0 N–H and O–H groups in total. The lowest BCUT2D eigenvalue weighted by Gasteiger charge is -2.15. The van der Waals surface area contributed by atoms with Crippen molar-refractivity contribution in [3.05, 3.63) is 86.2 Å². The Morgan fingerprint density at radius 2 is 1.81 bits per heavy atom. The van der Waals surface area contributed by atoms with Crippen molar-refractivity contribution in [1.82, 2.24) is 9.55 Å². The highest BCUT2D eigenvalue weighted by Crippen LogP contribution is 2.23. The van der Waals surface area contributed by atoms with E-state index < -0.39 is 0 Å². The number of para-hydroxylation sites is 1. The molecule has 0 spiro atoms. The standard InChI is InChI=1S/C25H23IN2O3/c1-17-8-13-23(21(26)16-17)31-15-5-14-28-24(18-9-11-19(30-2)12-10-18)27-22-7-4-3-6-20(22)25(28)29/h3-4,6-13,16H,5,14-15H2,1-2H3. The van der Waals surface area contributed by atoms with Crippen molar-refractivity contribution in [1.29, 1.82) is 0 Å². The smallest absolute Gasteiger partial charge is 0.261 e. The first-order chi connectivity index (χ1) is 15.1. The van der Waals surface area contributed by atoms with E-state index in [2.05, 4.69) is 35.6 Å². The molecule has 158 valence electrons. The second-order valence-electron chi connectivity index (χ2n) is 7.27. The molecule has 3 aromatic carbocycles. The number of ether oxygens (including phenoxy) is 2. The predicted octanol–water partition coefficient (Wildman–Crippen LogP) is 5.45. The highest BCUT2D eigenvalue weighted by molar-refractivity contribution is 14.1. The normalized spacial score (nSPS) is 10.9. The summed E-state index contributed by atoms with van der Waals surface area (Å²) in [6.07, 6.45) is 0.688. The van der Waals surface area contributed by atoms with E-state index in [4.69, 9.17) is 14.5 Å². The summed E-state index contributed by atoms with van der Waals surface area (Å²) in [5, 5.41) is 0.619. The van der Waals surface area contributed by atoms with Gasteiger partial charge in [0.05, 0.1) is 28.2 Å². The average Bonchev–Trinajstić information content (AvgIpc) is 2.79. The van der Waals surface area contributed by atoms with Crippen molar-refractivity contribution in [3.63, 3.8) is 0 Å². The minimum atomic E-state index is -0.0404. The fourth-order valence-electron chi connectivity index (χ4n) is 3.46. The van der Waals surface area contributed by atoms with Crippen LogP contribution in [-0.2, 0) is 6.54 Å². The first kappa shape index (κ1) is 21.4. The monoisotopic (exact) mass is 526 g/mol. The summed E-state index contributed by atoms with van der Waals surface area (Å²) in [6, 6.07) is 21.2. The Labute approximate surface area is 194 Å². The first-order valence-electron chi connectivity index (χ1n) is 10.1. The molecular formula is C25H23IN2O3. The van der Waals surface area contributed by atoms with Crippen molar-refractivity contribution in [3.8, 4) is 22.9 Å². The topological polar surface area (TPSA) is 53.3 Å². The zero-order chi connectivity index (χ0) is 21.8. The third-order valence-electron chi connectivity index (χ3n) is 5.08. The Kier molecular flexibility index (Phi) is 6.56. The molecule has 0 aliphatic heterocycles. The van der Waals surface area contributed by atoms with E-state index in [1.165, 1.54) is 5.56 Å².